The Hall–Kier alpha value is -2.83. The summed E-state index contributed by atoms with van der Waals surface area (Å²) in [6, 6.07) is 4.94. The highest BCUT2D eigenvalue weighted by Crippen LogP contribution is 2.55. The molecule has 35 heavy (non-hydrogen) atoms. The summed E-state index contributed by atoms with van der Waals surface area (Å²) in [7, 11) is 0. The van der Waals surface area contributed by atoms with Crippen LogP contribution < -0.4 is 14.8 Å². The highest BCUT2D eigenvalue weighted by Gasteiger charge is 2.71. The number of ether oxygens (including phenoxy) is 2. The van der Waals surface area contributed by atoms with Gasteiger partial charge in [0.25, 0.3) is 5.60 Å². The largest absolute Gasteiger partial charge is 0.573 e. The van der Waals surface area contributed by atoms with E-state index in [1.54, 1.807) is 13.8 Å². The zero-order valence-electron chi connectivity index (χ0n) is 18.0. The van der Waals surface area contributed by atoms with E-state index >= 15 is 0 Å². The maximum absolute atomic E-state index is 13.4. The van der Waals surface area contributed by atoms with Gasteiger partial charge >= 0.3 is 18.7 Å². The van der Waals surface area contributed by atoms with Crippen LogP contribution in [0.2, 0.25) is 0 Å². The quantitative estimate of drug-likeness (QED) is 0.458. The van der Waals surface area contributed by atoms with Gasteiger partial charge < -0.3 is 19.9 Å². The molecule has 2 aromatic carbocycles. The zero-order chi connectivity index (χ0) is 26.2. The van der Waals surface area contributed by atoms with Crippen molar-refractivity contribution in [2.24, 2.45) is 5.92 Å². The van der Waals surface area contributed by atoms with Crippen LogP contribution in [-0.2, 0) is 11.0 Å². The highest BCUT2D eigenvalue weighted by molar-refractivity contribution is 5.63. The van der Waals surface area contributed by atoms with Crippen molar-refractivity contribution in [3.8, 4) is 11.5 Å². The van der Waals surface area contributed by atoms with Gasteiger partial charge in [-0.2, -0.15) is 26.3 Å². The molecule has 192 valence electrons. The van der Waals surface area contributed by atoms with Crippen LogP contribution in [0, 0.1) is 5.92 Å². The van der Waals surface area contributed by atoms with E-state index in [9.17, 15) is 44.6 Å². The third-order valence-electron chi connectivity index (χ3n) is 6.56. The molecule has 0 radical (unpaired) electrons. The van der Waals surface area contributed by atoms with Crippen LogP contribution in [0.4, 0.5) is 45.2 Å². The standard InChI is InChI=1S/C22H18F9NO3/c1-18(2)13-7-10(19(33,20(23,24)25)21(26,27)28)3-5-15(13)32-17-12-8-11(35-22(29,30)31)4-6-16(12)34-9-14(17)18/h3-8,14,17,32-33H,9H2,1-2H3/t14-,17-/m1/s1. The monoisotopic (exact) mass is 515 g/mol. The summed E-state index contributed by atoms with van der Waals surface area (Å²) in [5.41, 5.74) is -7.10. The lowest BCUT2D eigenvalue weighted by atomic mass is 9.64. The Bertz CT molecular complexity index is 1120. The topological polar surface area (TPSA) is 50.7 Å². The summed E-state index contributed by atoms with van der Waals surface area (Å²) in [6.45, 7) is 3.11. The number of alkyl halides is 9. The van der Waals surface area contributed by atoms with Crippen molar-refractivity contribution in [3.05, 3.63) is 53.1 Å². The predicted octanol–water partition coefficient (Wildman–Crippen LogP) is 6.35. The molecule has 2 heterocycles. The normalized spacial score (nSPS) is 21.7. The van der Waals surface area contributed by atoms with Crippen LogP contribution in [0.3, 0.4) is 0 Å². The summed E-state index contributed by atoms with van der Waals surface area (Å²) in [5.74, 6) is -0.863. The molecule has 2 aliphatic rings. The van der Waals surface area contributed by atoms with Gasteiger partial charge in [0.1, 0.15) is 11.5 Å². The van der Waals surface area contributed by atoms with E-state index in [1.165, 1.54) is 6.07 Å². The van der Waals surface area contributed by atoms with Crippen molar-refractivity contribution in [2.45, 2.75) is 49.6 Å². The van der Waals surface area contributed by atoms with Gasteiger partial charge in [-0.3, -0.25) is 0 Å². The smallest absolute Gasteiger partial charge is 0.493 e. The lowest BCUT2D eigenvalue weighted by Crippen LogP contribution is -2.54. The molecule has 0 spiro atoms. The zero-order valence-corrected chi connectivity index (χ0v) is 18.0. The fraction of sp³-hybridized carbons (Fsp3) is 0.455. The second kappa shape index (κ2) is 7.58. The number of nitrogens with one attached hydrogen (secondary N) is 1. The molecule has 13 heteroatoms. The van der Waals surface area contributed by atoms with Gasteiger partial charge in [-0.15, -0.1) is 13.2 Å². The van der Waals surface area contributed by atoms with Gasteiger partial charge in [-0.1, -0.05) is 19.9 Å². The first kappa shape index (κ1) is 25.3. The second-order valence-electron chi connectivity index (χ2n) is 8.97. The van der Waals surface area contributed by atoms with Crippen molar-refractivity contribution < 1.29 is 54.1 Å². The highest BCUT2D eigenvalue weighted by atomic mass is 19.4. The van der Waals surface area contributed by atoms with Gasteiger partial charge in [0, 0.05) is 28.1 Å². The molecule has 0 saturated carbocycles. The molecule has 0 unspecified atom stereocenters. The molecule has 0 fully saturated rings. The van der Waals surface area contributed by atoms with Crippen LogP contribution in [0.15, 0.2) is 36.4 Å². The minimum Gasteiger partial charge on any atom is -0.493 e. The average molecular weight is 515 g/mol. The maximum atomic E-state index is 13.4. The molecular formula is C22H18F9NO3. The van der Waals surface area contributed by atoms with Gasteiger partial charge in [0.05, 0.1) is 12.6 Å². The molecular weight excluding hydrogens is 497 g/mol. The molecule has 2 aromatic rings. The first-order valence-electron chi connectivity index (χ1n) is 10.2. The van der Waals surface area contributed by atoms with Gasteiger partial charge in [-0.25, -0.2) is 0 Å². The van der Waals surface area contributed by atoms with Crippen LogP contribution >= 0.6 is 0 Å². The number of rotatable bonds is 2. The number of benzene rings is 2. The van der Waals surface area contributed by atoms with E-state index in [4.69, 9.17) is 4.74 Å². The number of halogens is 9. The van der Waals surface area contributed by atoms with Gasteiger partial charge in [0.15, 0.2) is 0 Å². The van der Waals surface area contributed by atoms with Crippen LogP contribution in [0.25, 0.3) is 0 Å². The first-order valence-corrected chi connectivity index (χ1v) is 10.2. The second-order valence-corrected chi connectivity index (χ2v) is 8.97. The van der Waals surface area contributed by atoms with E-state index in [0.717, 1.165) is 18.2 Å². The lowest BCUT2D eigenvalue weighted by molar-refractivity contribution is -0.376. The fourth-order valence-corrected chi connectivity index (χ4v) is 4.68. The molecule has 0 bridgehead atoms. The van der Waals surface area contributed by atoms with Crippen molar-refractivity contribution in [1.29, 1.82) is 0 Å². The van der Waals surface area contributed by atoms with Crippen molar-refractivity contribution in [1.82, 2.24) is 0 Å². The number of hydrogen-bond donors (Lipinski definition) is 2. The maximum Gasteiger partial charge on any atom is 0.573 e. The molecule has 4 nitrogen and oxygen atoms in total. The van der Waals surface area contributed by atoms with Gasteiger partial charge in [-0.05, 0) is 35.9 Å². The minimum atomic E-state index is -6.05. The van der Waals surface area contributed by atoms with E-state index in [-0.39, 0.29) is 29.2 Å². The summed E-state index contributed by atoms with van der Waals surface area (Å²) in [5, 5.41) is 12.8. The molecule has 0 aromatic heterocycles. The lowest BCUT2D eigenvalue weighted by Gasteiger charge is -2.49. The van der Waals surface area contributed by atoms with Crippen molar-refractivity contribution in [3.63, 3.8) is 0 Å². The first-order chi connectivity index (χ1) is 15.9. The summed E-state index contributed by atoms with van der Waals surface area (Å²) in [6.07, 6.45) is -17.0. The number of anilines is 1. The summed E-state index contributed by atoms with van der Waals surface area (Å²) in [4.78, 5) is 0. The summed E-state index contributed by atoms with van der Waals surface area (Å²) >= 11 is 0. The van der Waals surface area contributed by atoms with Crippen molar-refractivity contribution >= 4 is 5.69 Å². The third-order valence-corrected chi connectivity index (χ3v) is 6.56. The molecule has 4 rings (SSSR count). The number of aliphatic hydroxyl groups is 1. The Morgan fingerprint density at radius 2 is 1.57 bits per heavy atom. The van der Waals surface area contributed by atoms with E-state index < -0.39 is 53.0 Å². The van der Waals surface area contributed by atoms with Crippen molar-refractivity contribution in [2.75, 3.05) is 11.9 Å². The third kappa shape index (κ3) is 4.03. The SMILES string of the molecule is CC1(C)c2cc(C(O)(C(F)(F)F)C(F)(F)F)ccc2N[C@@H]2c3cc(OC(F)(F)F)ccc3OC[C@H]21. The Balaban J connectivity index is 1.80. The molecule has 0 amide bonds. The van der Waals surface area contributed by atoms with Crippen LogP contribution in [0.5, 0.6) is 11.5 Å². The molecule has 2 N–H and O–H groups in total. The van der Waals surface area contributed by atoms with Gasteiger partial charge in [0.2, 0.25) is 0 Å². The van der Waals surface area contributed by atoms with E-state index in [1.807, 2.05) is 0 Å². The Labute approximate surface area is 192 Å². The van der Waals surface area contributed by atoms with E-state index in [0.29, 0.717) is 12.1 Å². The van der Waals surface area contributed by atoms with Crippen LogP contribution in [-0.4, -0.2) is 30.4 Å². The Kier molecular flexibility index (Phi) is 5.47. The molecule has 2 aliphatic heterocycles. The van der Waals surface area contributed by atoms with E-state index in [2.05, 4.69) is 10.1 Å². The number of fused-ring (bicyclic) bond motifs is 4. The fourth-order valence-electron chi connectivity index (χ4n) is 4.68. The predicted molar refractivity (Wildman–Crippen MR) is 104 cm³/mol. The summed E-state index contributed by atoms with van der Waals surface area (Å²) < 4.78 is 128. The molecule has 0 saturated heterocycles. The molecule has 0 aliphatic carbocycles. The molecule has 2 atom stereocenters. The van der Waals surface area contributed by atoms with Crippen LogP contribution in [0.1, 0.15) is 36.6 Å². The number of hydrogen-bond acceptors (Lipinski definition) is 4. The Morgan fingerprint density at radius 1 is 0.943 bits per heavy atom. The average Bonchev–Trinajstić information content (AvgIpc) is 2.70. The Morgan fingerprint density at radius 3 is 2.14 bits per heavy atom. The minimum absolute atomic E-state index is 0.0242.